The van der Waals surface area contributed by atoms with Crippen molar-refractivity contribution in [3.8, 4) is 0 Å². The summed E-state index contributed by atoms with van der Waals surface area (Å²) in [5, 5.41) is 0.332. The van der Waals surface area contributed by atoms with E-state index in [1.807, 2.05) is 6.07 Å². The number of hydrogen-bond donors (Lipinski definition) is 0. The maximum Gasteiger partial charge on any atom is 0.243 e. The predicted octanol–water partition coefficient (Wildman–Crippen LogP) is 2.49. The van der Waals surface area contributed by atoms with Crippen molar-refractivity contribution < 1.29 is 13.2 Å². The number of hydrogen-bond acceptors (Lipinski definition) is 4. The van der Waals surface area contributed by atoms with Gasteiger partial charge < -0.3 is 4.90 Å². The number of rotatable bonds is 2. The molecule has 3 heterocycles. The van der Waals surface area contributed by atoms with E-state index in [1.165, 1.54) is 0 Å². The Morgan fingerprint density at radius 3 is 2.58 bits per heavy atom. The van der Waals surface area contributed by atoms with E-state index >= 15 is 0 Å². The van der Waals surface area contributed by atoms with Crippen molar-refractivity contribution in [2.75, 3.05) is 24.5 Å². The molecular weight excluding hydrogens is 344 g/mol. The van der Waals surface area contributed by atoms with Crippen LogP contribution in [0.3, 0.4) is 0 Å². The molecule has 1 saturated heterocycles. The fourth-order valence-corrected chi connectivity index (χ4v) is 6.68. The van der Waals surface area contributed by atoms with Crippen LogP contribution in [0.1, 0.15) is 32.3 Å². The van der Waals surface area contributed by atoms with Crippen LogP contribution in [0.4, 0.5) is 5.69 Å². The van der Waals surface area contributed by atoms with Gasteiger partial charge in [-0.3, -0.25) is 4.79 Å². The molecule has 0 aromatic heterocycles. The van der Waals surface area contributed by atoms with Gasteiger partial charge in [0.1, 0.15) is 0 Å². The normalized spacial score (nSPS) is 25.2. The summed E-state index contributed by atoms with van der Waals surface area (Å²) in [6, 6.07) is 3.59. The van der Waals surface area contributed by atoms with Gasteiger partial charge in [-0.05, 0) is 30.9 Å². The van der Waals surface area contributed by atoms with E-state index in [1.54, 1.807) is 27.0 Å². The first-order chi connectivity index (χ1) is 11.4. The summed E-state index contributed by atoms with van der Waals surface area (Å²) in [5.41, 5.74) is 1.55. The van der Waals surface area contributed by atoms with Crippen LogP contribution in [0.25, 0.3) is 0 Å². The second-order valence-corrected chi connectivity index (χ2v) is 10.5. The quantitative estimate of drug-likeness (QED) is 0.807. The second kappa shape index (κ2) is 5.75. The fraction of sp³-hybridized carbons (Fsp3) is 0.588. The zero-order valence-electron chi connectivity index (χ0n) is 14.0. The average molecular weight is 367 g/mol. The lowest BCUT2D eigenvalue weighted by Gasteiger charge is -2.32. The molecule has 0 saturated carbocycles. The zero-order chi connectivity index (χ0) is 17.1. The van der Waals surface area contributed by atoms with Gasteiger partial charge in [0.15, 0.2) is 0 Å². The molecule has 7 heteroatoms. The van der Waals surface area contributed by atoms with E-state index in [0.29, 0.717) is 41.3 Å². The predicted molar refractivity (Wildman–Crippen MR) is 95.0 cm³/mol. The van der Waals surface area contributed by atoms with Gasteiger partial charge in [-0.2, -0.15) is 4.31 Å². The van der Waals surface area contributed by atoms with E-state index in [2.05, 4.69) is 13.8 Å². The number of piperidine rings is 1. The number of anilines is 1. The molecule has 3 aliphatic heterocycles. The van der Waals surface area contributed by atoms with Crippen LogP contribution in [0.15, 0.2) is 21.9 Å². The largest absolute Gasteiger partial charge is 0.310 e. The summed E-state index contributed by atoms with van der Waals surface area (Å²) in [6.07, 6.45) is 2.01. The van der Waals surface area contributed by atoms with Crippen molar-refractivity contribution in [1.82, 2.24) is 4.31 Å². The summed E-state index contributed by atoms with van der Waals surface area (Å²) in [6.45, 7) is 6.07. The maximum absolute atomic E-state index is 13.1. The number of nitrogens with zero attached hydrogens (tertiary/aromatic N) is 2. The highest BCUT2D eigenvalue weighted by atomic mass is 32.2. The molecule has 0 radical (unpaired) electrons. The molecule has 4 rings (SSSR count). The number of benzene rings is 1. The van der Waals surface area contributed by atoms with Crippen LogP contribution in [-0.2, 0) is 21.2 Å². The van der Waals surface area contributed by atoms with E-state index in [0.717, 1.165) is 23.4 Å². The van der Waals surface area contributed by atoms with Crippen LogP contribution < -0.4 is 4.90 Å². The molecule has 0 spiro atoms. The lowest BCUT2D eigenvalue weighted by Crippen LogP contribution is -2.38. The van der Waals surface area contributed by atoms with Gasteiger partial charge >= 0.3 is 0 Å². The molecular formula is C17H22N2O3S2. The third-order valence-corrected chi connectivity index (χ3v) is 8.35. The molecule has 0 unspecified atom stereocenters. The number of sulfonamides is 1. The van der Waals surface area contributed by atoms with Crippen LogP contribution in [0.2, 0.25) is 0 Å². The summed E-state index contributed by atoms with van der Waals surface area (Å²) < 4.78 is 27.9. The molecule has 3 aliphatic rings. The van der Waals surface area contributed by atoms with E-state index in [4.69, 9.17) is 0 Å². The molecule has 0 aliphatic carbocycles. The third kappa shape index (κ3) is 2.48. The molecule has 5 nitrogen and oxygen atoms in total. The van der Waals surface area contributed by atoms with E-state index in [9.17, 15) is 13.2 Å². The summed E-state index contributed by atoms with van der Waals surface area (Å²) >= 11 is 1.72. The molecule has 0 N–H and O–H groups in total. The Morgan fingerprint density at radius 2 is 1.88 bits per heavy atom. The van der Waals surface area contributed by atoms with Gasteiger partial charge in [-0.25, -0.2) is 8.42 Å². The minimum atomic E-state index is -3.53. The Morgan fingerprint density at radius 1 is 1.17 bits per heavy atom. The Kier molecular flexibility index (Phi) is 3.93. The molecule has 1 atom stereocenters. The van der Waals surface area contributed by atoms with Gasteiger partial charge in [-0.15, -0.1) is 11.8 Å². The summed E-state index contributed by atoms with van der Waals surface area (Å²) in [7, 11) is -3.53. The number of carbonyl (C=O) groups excluding carboxylic acids is 1. The van der Waals surface area contributed by atoms with Crippen LogP contribution >= 0.6 is 11.8 Å². The Labute approximate surface area is 147 Å². The van der Waals surface area contributed by atoms with Crippen molar-refractivity contribution in [3.05, 3.63) is 17.7 Å². The smallest absolute Gasteiger partial charge is 0.243 e. The van der Waals surface area contributed by atoms with Gasteiger partial charge in [-0.1, -0.05) is 13.8 Å². The van der Waals surface area contributed by atoms with E-state index in [-0.39, 0.29) is 12.3 Å². The van der Waals surface area contributed by atoms with Gasteiger partial charge in [0.05, 0.1) is 17.0 Å². The first-order valence-corrected chi connectivity index (χ1v) is 10.8. The Balaban J connectivity index is 1.77. The SMILES string of the molecule is CC1CCN(S(=O)(=O)c2ccc3c4c2CC(=O)N4C[C@@H](C)S3)CC1. The topological polar surface area (TPSA) is 57.7 Å². The highest BCUT2D eigenvalue weighted by Gasteiger charge is 2.40. The molecule has 24 heavy (non-hydrogen) atoms. The third-order valence-electron chi connectivity index (χ3n) is 5.23. The fourth-order valence-electron chi connectivity index (χ4n) is 3.84. The highest BCUT2D eigenvalue weighted by Crippen LogP contribution is 2.47. The standard InChI is InChI=1S/C17H22N2O3S2/c1-11-5-7-18(8-6-11)24(21,22)15-4-3-14-17-13(15)9-16(20)19(17)10-12(2)23-14/h3-4,11-12H,5-10H2,1-2H3/t12-/m1/s1. The minimum Gasteiger partial charge on any atom is -0.310 e. The number of amides is 1. The van der Waals surface area contributed by atoms with Crippen molar-refractivity contribution in [2.45, 2.75) is 48.2 Å². The molecule has 1 aromatic carbocycles. The lowest BCUT2D eigenvalue weighted by atomic mass is 10.0. The maximum atomic E-state index is 13.1. The second-order valence-electron chi connectivity index (χ2n) is 7.09. The van der Waals surface area contributed by atoms with Gasteiger partial charge in [0.2, 0.25) is 15.9 Å². The van der Waals surface area contributed by atoms with Crippen LogP contribution in [0, 0.1) is 5.92 Å². The van der Waals surface area contributed by atoms with Crippen molar-refractivity contribution in [2.24, 2.45) is 5.92 Å². The van der Waals surface area contributed by atoms with Crippen LogP contribution in [0.5, 0.6) is 0 Å². The van der Waals surface area contributed by atoms with Crippen molar-refractivity contribution in [1.29, 1.82) is 0 Å². The summed E-state index contributed by atoms with van der Waals surface area (Å²) in [5.74, 6) is 0.596. The van der Waals surface area contributed by atoms with Gasteiger partial charge in [0.25, 0.3) is 0 Å². The molecule has 1 amide bonds. The molecule has 1 aromatic rings. The Bertz CT molecular complexity index is 798. The minimum absolute atomic E-state index is 0.0216. The first kappa shape index (κ1) is 16.4. The van der Waals surface area contributed by atoms with Crippen molar-refractivity contribution >= 4 is 33.4 Å². The summed E-state index contributed by atoms with van der Waals surface area (Å²) in [4.78, 5) is 15.5. The molecule has 1 fully saturated rings. The zero-order valence-corrected chi connectivity index (χ0v) is 15.6. The average Bonchev–Trinajstić information content (AvgIpc) is 2.85. The Hall–Kier alpha value is -1.05. The molecule has 0 bridgehead atoms. The first-order valence-electron chi connectivity index (χ1n) is 8.51. The monoisotopic (exact) mass is 366 g/mol. The lowest BCUT2D eigenvalue weighted by molar-refractivity contribution is -0.117. The molecule has 130 valence electrons. The van der Waals surface area contributed by atoms with E-state index < -0.39 is 10.0 Å². The highest BCUT2D eigenvalue weighted by molar-refractivity contribution is 8.00. The number of thioether (sulfide) groups is 1. The van der Waals surface area contributed by atoms with Gasteiger partial charge in [0, 0.05) is 35.3 Å². The number of carbonyl (C=O) groups is 1. The van der Waals surface area contributed by atoms with Crippen LogP contribution in [-0.4, -0.2) is 43.5 Å². The van der Waals surface area contributed by atoms with Crippen molar-refractivity contribution in [3.63, 3.8) is 0 Å².